The first kappa shape index (κ1) is 10.5. The van der Waals surface area contributed by atoms with Gasteiger partial charge in [-0.2, -0.15) is 0 Å². The van der Waals surface area contributed by atoms with Gasteiger partial charge < -0.3 is 10.2 Å². The molecule has 1 aromatic carbocycles. The number of nitrogens with one attached hydrogen (secondary N) is 1. The molecule has 0 atom stereocenters. The zero-order valence-electron chi connectivity index (χ0n) is 9.66. The van der Waals surface area contributed by atoms with Crippen LogP contribution < -0.4 is 10.2 Å². The van der Waals surface area contributed by atoms with Gasteiger partial charge in [0, 0.05) is 25.8 Å². The fourth-order valence-corrected chi connectivity index (χ4v) is 1.67. The molecule has 0 spiro atoms. The first-order chi connectivity index (χ1) is 7.25. The van der Waals surface area contributed by atoms with Crippen LogP contribution >= 0.6 is 0 Å². The molecule has 1 N–H and O–H groups in total. The van der Waals surface area contributed by atoms with Crippen LogP contribution in [0.3, 0.4) is 0 Å². The molecule has 0 aromatic heterocycles. The Morgan fingerprint density at radius 3 is 2.40 bits per heavy atom. The second kappa shape index (κ2) is 4.67. The Balaban J connectivity index is 1.80. The molecule has 1 aromatic rings. The van der Waals surface area contributed by atoms with Crippen molar-refractivity contribution >= 4 is 5.69 Å². The van der Waals surface area contributed by atoms with Crippen LogP contribution in [0.4, 0.5) is 5.69 Å². The van der Waals surface area contributed by atoms with Crippen LogP contribution in [-0.4, -0.2) is 26.7 Å². The normalized spacial score (nSPS) is 15.3. The van der Waals surface area contributed by atoms with Crippen LogP contribution in [0.5, 0.6) is 0 Å². The van der Waals surface area contributed by atoms with E-state index >= 15 is 0 Å². The molecule has 2 nitrogen and oxygen atoms in total. The van der Waals surface area contributed by atoms with E-state index in [1.807, 2.05) is 0 Å². The summed E-state index contributed by atoms with van der Waals surface area (Å²) >= 11 is 0. The molecular formula is C13H20N2. The SMILES string of the molecule is CN(C)c1ccc(CCNC2CC2)cc1. The van der Waals surface area contributed by atoms with Crippen molar-refractivity contribution in [1.29, 1.82) is 0 Å². The van der Waals surface area contributed by atoms with E-state index in [4.69, 9.17) is 0 Å². The third-order valence-corrected chi connectivity index (χ3v) is 2.88. The van der Waals surface area contributed by atoms with E-state index in [2.05, 4.69) is 48.6 Å². The molecule has 15 heavy (non-hydrogen) atoms. The molecule has 82 valence electrons. The van der Waals surface area contributed by atoms with Crippen LogP contribution in [0, 0.1) is 0 Å². The molecule has 0 radical (unpaired) electrons. The van der Waals surface area contributed by atoms with Gasteiger partial charge in [0.25, 0.3) is 0 Å². The highest BCUT2D eigenvalue weighted by Gasteiger charge is 2.19. The van der Waals surface area contributed by atoms with Crippen LogP contribution in [0.2, 0.25) is 0 Å². The maximum atomic E-state index is 3.53. The fraction of sp³-hybridized carbons (Fsp3) is 0.538. The van der Waals surface area contributed by atoms with Crippen molar-refractivity contribution in [3.8, 4) is 0 Å². The zero-order valence-corrected chi connectivity index (χ0v) is 9.66. The van der Waals surface area contributed by atoms with Crippen molar-refractivity contribution in [1.82, 2.24) is 5.32 Å². The van der Waals surface area contributed by atoms with Gasteiger partial charge in [0.2, 0.25) is 0 Å². The zero-order chi connectivity index (χ0) is 10.7. The number of nitrogens with zero attached hydrogens (tertiary/aromatic N) is 1. The van der Waals surface area contributed by atoms with Crippen molar-refractivity contribution < 1.29 is 0 Å². The van der Waals surface area contributed by atoms with Crippen LogP contribution in [0.1, 0.15) is 18.4 Å². The predicted octanol–water partition coefficient (Wildman–Crippen LogP) is 2.05. The van der Waals surface area contributed by atoms with Crippen LogP contribution in [0.15, 0.2) is 24.3 Å². The molecule has 1 aliphatic carbocycles. The summed E-state index contributed by atoms with van der Waals surface area (Å²) in [5.74, 6) is 0. The molecule has 1 aliphatic rings. The van der Waals surface area contributed by atoms with Gasteiger partial charge in [-0.25, -0.2) is 0 Å². The molecule has 0 bridgehead atoms. The van der Waals surface area contributed by atoms with E-state index in [9.17, 15) is 0 Å². The Hall–Kier alpha value is -1.02. The summed E-state index contributed by atoms with van der Waals surface area (Å²) in [5.41, 5.74) is 2.70. The quantitative estimate of drug-likeness (QED) is 0.789. The highest BCUT2D eigenvalue weighted by Crippen LogP contribution is 2.18. The van der Waals surface area contributed by atoms with Crippen molar-refractivity contribution in [2.24, 2.45) is 0 Å². The molecule has 1 fully saturated rings. The largest absolute Gasteiger partial charge is 0.378 e. The molecule has 2 heteroatoms. The van der Waals surface area contributed by atoms with Crippen molar-refractivity contribution in [3.05, 3.63) is 29.8 Å². The molecule has 0 aliphatic heterocycles. The molecule has 0 heterocycles. The average molecular weight is 204 g/mol. The molecule has 1 saturated carbocycles. The Morgan fingerprint density at radius 1 is 1.20 bits per heavy atom. The third kappa shape index (κ3) is 3.24. The van der Waals surface area contributed by atoms with E-state index in [0.717, 1.165) is 19.0 Å². The van der Waals surface area contributed by atoms with Gasteiger partial charge in [-0.1, -0.05) is 12.1 Å². The van der Waals surface area contributed by atoms with Crippen LogP contribution in [-0.2, 0) is 6.42 Å². The third-order valence-electron chi connectivity index (χ3n) is 2.88. The maximum absolute atomic E-state index is 3.53. The van der Waals surface area contributed by atoms with Crippen molar-refractivity contribution in [3.63, 3.8) is 0 Å². The van der Waals surface area contributed by atoms with E-state index in [1.54, 1.807) is 0 Å². The summed E-state index contributed by atoms with van der Waals surface area (Å²) < 4.78 is 0. The lowest BCUT2D eigenvalue weighted by Gasteiger charge is -2.12. The summed E-state index contributed by atoms with van der Waals surface area (Å²) in [6, 6.07) is 9.65. The fourth-order valence-electron chi connectivity index (χ4n) is 1.67. The molecule has 0 unspecified atom stereocenters. The monoisotopic (exact) mass is 204 g/mol. The first-order valence-electron chi connectivity index (χ1n) is 5.75. The Kier molecular flexibility index (Phi) is 3.27. The minimum atomic E-state index is 0.825. The first-order valence-corrected chi connectivity index (χ1v) is 5.75. The smallest absolute Gasteiger partial charge is 0.0361 e. The van der Waals surface area contributed by atoms with E-state index in [0.29, 0.717) is 0 Å². The van der Waals surface area contributed by atoms with Gasteiger partial charge in [-0.3, -0.25) is 0 Å². The highest BCUT2D eigenvalue weighted by molar-refractivity contribution is 5.45. The number of hydrogen-bond acceptors (Lipinski definition) is 2. The lowest BCUT2D eigenvalue weighted by molar-refractivity contribution is 0.682. The Morgan fingerprint density at radius 2 is 1.87 bits per heavy atom. The highest BCUT2D eigenvalue weighted by atomic mass is 15.1. The summed E-state index contributed by atoms with van der Waals surface area (Å²) in [4.78, 5) is 2.13. The van der Waals surface area contributed by atoms with Gasteiger partial charge >= 0.3 is 0 Å². The minimum absolute atomic E-state index is 0.825. The van der Waals surface area contributed by atoms with Crippen LogP contribution in [0.25, 0.3) is 0 Å². The van der Waals surface area contributed by atoms with E-state index in [1.165, 1.54) is 24.1 Å². The van der Waals surface area contributed by atoms with E-state index in [-0.39, 0.29) is 0 Å². The van der Waals surface area contributed by atoms with Gasteiger partial charge in [-0.05, 0) is 43.5 Å². The lowest BCUT2D eigenvalue weighted by Crippen LogP contribution is -2.19. The molecule has 2 rings (SSSR count). The summed E-state index contributed by atoms with van der Waals surface area (Å²) in [6.45, 7) is 1.12. The molecule has 0 amide bonds. The number of benzene rings is 1. The summed E-state index contributed by atoms with van der Waals surface area (Å²) in [6.07, 6.45) is 3.89. The number of hydrogen-bond donors (Lipinski definition) is 1. The second-order valence-corrected chi connectivity index (χ2v) is 4.54. The van der Waals surface area contributed by atoms with Crippen molar-refractivity contribution in [2.45, 2.75) is 25.3 Å². The van der Waals surface area contributed by atoms with Gasteiger partial charge in [-0.15, -0.1) is 0 Å². The van der Waals surface area contributed by atoms with Gasteiger partial charge in [0.15, 0.2) is 0 Å². The standard InChI is InChI=1S/C13H20N2/c1-15(2)13-7-3-11(4-8-13)9-10-14-12-5-6-12/h3-4,7-8,12,14H,5-6,9-10H2,1-2H3. The lowest BCUT2D eigenvalue weighted by atomic mass is 10.1. The van der Waals surface area contributed by atoms with Crippen molar-refractivity contribution in [2.75, 3.05) is 25.5 Å². The number of anilines is 1. The molecule has 0 saturated heterocycles. The summed E-state index contributed by atoms with van der Waals surface area (Å²) in [7, 11) is 4.15. The molecular weight excluding hydrogens is 184 g/mol. The Labute approximate surface area is 92.3 Å². The number of rotatable bonds is 5. The average Bonchev–Trinajstić information content (AvgIpc) is 3.02. The van der Waals surface area contributed by atoms with E-state index < -0.39 is 0 Å². The predicted molar refractivity (Wildman–Crippen MR) is 65.5 cm³/mol. The summed E-state index contributed by atoms with van der Waals surface area (Å²) in [5, 5.41) is 3.53. The second-order valence-electron chi connectivity index (χ2n) is 4.54. The van der Waals surface area contributed by atoms with Gasteiger partial charge in [0.1, 0.15) is 0 Å². The van der Waals surface area contributed by atoms with Gasteiger partial charge in [0.05, 0.1) is 0 Å². The topological polar surface area (TPSA) is 15.3 Å². The maximum Gasteiger partial charge on any atom is 0.0361 e. The Bertz CT molecular complexity index is 299. The minimum Gasteiger partial charge on any atom is -0.378 e.